The van der Waals surface area contributed by atoms with Crippen LogP contribution in [0.5, 0.6) is 5.75 Å². The van der Waals surface area contributed by atoms with E-state index in [4.69, 9.17) is 4.74 Å². The summed E-state index contributed by atoms with van der Waals surface area (Å²) in [5, 5.41) is 7.02. The number of carbonyl (C=O) groups excluding carboxylic acids is 1. The molecule has 0 fully saturated rings. The van der Waals surface area contributed by atoms with Crippen LogP contribution in [0.15, 0.2) is 59.8 Å². The quantitative estimate of drug-likeness (QED) is 0.609. The zero-order chi connectivity index (χ0) is 19.2. The van der Waals surface area contributed by atoms with Crippen molar-refractivity contribution in [3.8, 4) is 5.75 Å². The normalized spacial score (nSPS) is 10.5. The van der Waals surface area contributed by atoms with E-state index in [9.17, 15) is 4.79 Å². The van der Waals surface area contributed by atoms with E-state index in [1.807, 2.05) is 62.6 Å². The van der Waals surface area contributed by atoms with Crippen molar-refractivity contribution in [2.45, 2.75) is 18.4 Å². The molecule has 3 aromatic rings. The molecule has 0 unspecified atom stereocenters. The number of carbonyl (C=O) groups is 1. The van der Waals surface area contributed by atoms with E-state index in [1.54, 1.807) is 18.0 Å². The van der Waals surface area contributed by atoms with Crippen LogP contribution in [0.3, 0.4) is 0 Å². The molecule has 7 heteroatoms. The van der Waals surface area contributed by atoms with Crippen LogP contribution in [0.4, 0.5) is 5.69 Å². The second-order valence-electron chi connectivity index (χ2n) is 6.11. The van der Waals surface area contributed by atoms with Crippen molar-refractivity contribution >= 4 is 23.5 Å². The van der Waals surface area contributed by atoms with Gasteiger partial charge in [-0.25, -0.2) is 0 Å². The molecule has 0 saturated carbocycles. The number of hydrogen-bond acceptors (Lipinski definition) is 5. The summed E-state index contributed by atoms with van der Waals surface area (Å²) >= 11 is 1.49. The molecule has 0 spiro atoms. The molecular formula is C20H22N4O2S. The Morgan fingerprint density at radius 2 is 2.00 bits per heavy atom. The Morgan fingerprint density at radius 3 is 2.67 bits per heavy atom. The number of nitrogens with one attached hydrogen (secondary N) is 2. The van der Waals surface area contributed by atoms with Crippen LogP contribution in [0, 0.1) is 6.92 Å². The van der Waals surface area contributed by atoms with Crippen molar-refractivity contribution in [3.63, 3.8) is 0 Å². The van der Waals surface area contributed by atoms with E-state index in [-0.39, 0.29) is 5.91 Å². The molecule has 0 aliphatic rings. The molecule has 6 nitrogen and oxygen atoms in total. The Labute approximate surface area is 163 Å². The summed E-state index contributed by atoms with van der Waals surface area (Å²) < 4.78 is 10.2. The van der Waals surface area contributed by atoms with Crippen molar-refractivity contribution < 1.29 is 9.53 Å². The zero-order valence-corrected chi connectivity index (χ0v) is 16.3. The van der Waals surface area contributed by atoms with Crippen LogP contribution in [-0.4, -0.2) is 22.8 Å². The van der Waals surface area contributed by atoms with E-state index >= 15 is 0 Å². The fourth-order valence-corrected chi connectivity index (χ4v) is 3.20. The van der Waals surface area contributed by atoms with Crippen LogP contribution in [0.25, 0.3) is 0 Å². The second kappa shape index (κ2) is 8.64. The third kappa shape index (κ3) is 5.04. The molecule has 0 atom stereocenters. The molecule has 0 saturated heterocycles. The van der Waals surface area contributed by atoms with Gasteiger partial charge in [0.15, 0.2) is 0 Å². The predicted molar refractivity (Wildman–Crippen MR) is 108 cm³/mol. The Hall–Kier alpha value is -2.93. The van der Waals surface area contributed by atoms with Crippen molar-refractivity contribution in [3.05, 3.63) is 71.5 Å². The summed E-state index contributed by atoms with van der Waals surface area (Å²) in [7, 11) is 3.50. The fourth-order valence-electron chi connectivity index (χ4n) is 2.48. The molecule has 0 aliphatic carbocycles. The van der Waals surface area contributed by atoms with Crippen LogP contribution in [-0.2, 0) is 13.6 Å². The van der Waals surface area contributed by atoms with Gasteiger partial charge < -0.3 is 14.8 Å². The highest BCUT2D eigenvalue weighted by molar-refractivity contribution is 8.00. The number of methoxy groups -OCH3 is 1. The van der Waals surface area contributed by atoms with E-state index in [1.165, 1.54) is 11.9 Å². The lowest BCUT2D eigenvalue weighted by atomic mass is 10.1. The average Bonchev–Trinajstić information content (AvgIpc) is 3.11. The summed E-state index contributed by atoms with van der Waals surface area (Å²) in [6.45, 7) is 2.46. The highest BCUT2D eigenvalue weighted by Gasteiger charge is 2.09. The molecule has 2 aromatic carbocycles. The molecule has 1 amide bonds. The molecular weight excluding hydrogens is 360 g/mol. The van der Waals surface area contributed by atoms with Gasteiger partial charge >= 0.3 is 0 Å². The number of hydrogen-bond donors (Lipinski definition) is 2. The molecule has 0 bridgehead atoms. The summed E-state index contributed by atoms with van der Waals surface area (Å²) in [5.41, 5.74) is 3.55. The first kappa shape index (κ1) is 18.8. The Morgan fingerprint density at radius 1 is 1.22 bits per heavy atom. The van der Waals surface area contributed by atoms with Gasteiger partial charge in [0.25, 0.3) is 5.91 Å². The molecule has 27 heavy (non-hydrogen) atoms. The van der Waals surface area contributed by atoms with Gasteiger partial charge in [-0.1, -0.05) is 6.07 Å². The van der Waals surface area contributed by atoms with Crippen molar-refractivity contribution in [2.75, 3.05) is 11.8 Å². The lowest BCUT2D eigenvalue weighted by molar-refractivity contribution is 0.0951. The first-order valence-corrected chi connectivity index (χ1v) is 9.30. The molecule has 0 aliphatic heterocycles. The first-order chi connectivity index (χ1) is 13.0. The third-order valence-corrected chi connectivity index (χ3v) is 4.88. The average molecular weight is 382 g/mol. The summed E-state index contributed by atoms with van der Waals surface area (Å²) in [6.07, 6.45) is 3.63. The lowest BCUT2D eigenvalue weighted by Crippen LogP contribution is -2.22. The number of rotatable bonds is 7. The maximum Gasteiger partial charge on any atom is 0.251 e. The zero-order valence-electron chi connectivity index (χ0n) is 15.5. The number of anilines is 1. The lowest BCUT2D eigenvalue weighted by Gasteiger charge is -2.11. The SMILES string of the molecule is COc1ccc(SNc2cc(C(=O)NCc3cnn(C)c3)ccc2C)cc1. The fraction of sp³-hybridized carbons (Fsp3) is 0.200. The van der Waals surface area contributed by atoms with Gasteiger partial charge in [0, 0.05) is 41.5 Å². The highest BCUT2D eigenvalue weighted by atomic mass is 32.2. The maximum absolute atomic E-state index is 12.4. The number of amides is 1. The molecule has 1 heterocycles. The van der Waals surface area contributed by atoms with E-state index in [2.05, 4.69) is 15.1 Å². The topological polar surface area (TPSA) is 68.2 Å². The third-order valence-electron chi connectivity index (χ3n) is 4.05. The summed E-state index contributed by atoms with van der Waals surface area (Å²) in [4.78, 5) is 13.5. The molecule has 0 radical (unpaired) electrons. The van der Waals surface area contributed by atoms with Crippen LogP contribution < -0.4 is 14.8 Å². The van der Waals surface area contributed by atoms with Crippen LogP contribution in [0.2, 0.25) is 0 Å². The van der Waals surface area contributed by atoms with E-state index in [0.29, 0.717) is 12.1 Å². The molecule has 1 aromatic heterocycles. The van der Waals surface area contributed by atoms with Crippen molar-refractivity contribution in [1.82, 2.24) is 15.1 Å². The standard InChI is InChI=1S/C20H22N4O2S/c1-14-4-5-16(20(25)21-11-15-12-22-24(2)13-15)10-19(14)23-27-18-8-6-17(26-3)7-9-18/h4-10,12-13,23H,11H2,1-3H3,(H,21,25). The molecule has 140 valence electrons. The Bertz CT molecular complexity index is 922. The monoisotopic (exact) mass is 382 g/mol. The minimum Gasteiger partial charge on any atom is -0.497 e. The van der Waals surface area contributed by atoms with Gasteiger partial charge in [0.05, 0.1) is 13.3 Å². The van der Waals surface area contributed by atoms with Gasteiger partial charge in [0.2, 0.25) is 0 Å². The van der Waals surface area contributed by atoms with E-state index < -0.39 is 0 Å². The number of ether oxygens (including phenoxy) is 1. The van der Waals surface area contributed by atoms with Gasteiger partial charge in [-0.15, -0.1) is 0 Å². The first-order valence-electron chi connectivity index (χ1n) is 8.48. The van der Waals surface area contributed by atoms with Crippen molar-refractivity contribution in [1.29, 1.82) is 0 Å². The van der Waals surface area contributed by atoms with Gasteiger partial charge in [-0.3, -0.25) is 9.48 Å². The van der Waals surface area contributed by atoms with Gasteiger partial charge in [0.1, 0.15) is 5.75 Å². The van der Waals surface area contributed by atoms with Gasteiger partial charge in [-0.2, -0.15) is 5.10 Å². The van der Waals surface area contributed by atoms with Gasteiger partial charge in [-0.05, 0) is 60.8 Å². The maximum atomic E-state index is 12.4. The summed E-state index contributed by atoms with van der Waals surface area (Å²) in [6, 6.07) is 13.4. The number of aryl methyl sites for hydroxylation is 2. The van der Waals surface area contributed by atoms with Crippen LogP contribution in [0.1, 0.15) is 21.5 Å². The number of nitrogens with zero attached hydrogens (tertiary/aromatic N) is 2. The highest BCUT2D eigenvalue weighted by Crippen LogP contribution is 2.26. The van der Waals surface area contributed by atoms with Crippen LogP contribution >= 0.6 is 11.9 Å². The molecule has 2 N–H and O–H groups in total. The summed E-state index contributed by atoms with van der Waals surface area (Å²) in [5.74, 6) is 0.708. The Kier molecular flexibility index (Phi) is 6.03. The smallest absolute Gasteiger partial charge is 0.251 e. The largest absolute Gasteiger partial charge is 0.497 e. The minimum absolute atomic E-state index is 0.114. The van der Waals surface area contributed by atoms with Crippen molar-refractivity contribution in [2.24, 2.45) is 7.05 Å². The number of benzene rings is 2. The molecule has 3 rings (SSSR count). The predicted octanol–water partition coefficient (Wildman–Crippen LogP) is 3.79. The van der Waals surface area contributed by atoms with E-state index in [0.717, 1.165) is 27.5 Å². The Balaban J connectivity index is 1.63. The number of aromatic nitrogens is 2. The second-order valence-corrected chi connectivity index (χ2v) is 6.99. The minimum atomic E-state index is -0.114.